The number of esters is 3. The summed E-state index contributed by atoms with van der Waals surface area (Å²) in [5.41, 5.74) is 3.05. The van der Waals surface area contributed by atoms with Gasteiger partial charge in [-0.3, -0.25) is 0 Å². The summed E-state index contributed by atoms with van der Waals surface area (Å²) in [4.78, 5) is 37.0. The summed E-state index contributed by atoms with van der Waals surface area (Å²) < 4.78 is 14.9. The fourth-order valence-corrected chi connectivity index (χ4v) is 4.33. The lowest BCUT2D eigenvalue weighted by molar-refractivity contribution is -0.136. The SMILES string of the molecule is CCOC(=O)c1cc2c(s1)NC(C)=C(C(=O)OC)C2c1ccc(C(=O)OC)cc1. The molecule has 2 aromatic rings. The molecule has 1 unspecified atom stereocenters. The first-order valence-electron chi connectivity index (χ1n) is 8.96. The molecule has 0 radical (unpaired) electrons. The van der Waals surface area contributed by atoms with Crippen LogP contribution in [0.25, 0.3) is 0 Å². The maximum atomic E-state index is 12.6. The Morgan fingerprint density at radius 3 is 2.28 bits per heavy atom. The van der Waals surface area contributed by atoms with E-state index in [1.165, 1.54) is 25.6 Å². The van der Waals surface area contributed by atoms with Gasteiger partial charge in [-0.05, 0) is 43.2 Å². The van der Waals surface area contributed by atoms with Crippen molar-refractivity contribution in [2.45, 2.75) is 19.8 Å². The Morgan fingerprint density at radius 2 is 1.69 bits per heavy atom. The molecule has 1 aromatic carbocycles. The van der Waals surface area contributed by atoms with Crippen LogP contribution in [-0.4, -0.2) is 38.7 Å². The highest BCUT2D eigenvalue weighted by Crippen LogP contribution is 2.46. The highest BCUT2D eigenvalue weighted by molar-refractivity contribution is 7.18. The summed E-state index contributed by atoms with van der Waals surface area (Å²) in [6.07, 6.45) is 0. The first-order valence-corrected chi connectivity index (χ1v) is 9.78. The Bertz CT molecular complexity index is 989. The number of nitrogens with one attached hydrogen (secondary N) is 1. The molecule has 8 heteroatoms. The fourth-order valence-electron chi connectivity index (χ4n) is 3.29. The van der Waals surface area contributed by atoms with Crippen molar-refractivity contribution in [3.05, 3.63) is 63.2 Å². The molecule has 0 aliphatic carbocycles. The van der Waals surface area contributed by atoms with Gasteiger partial charge in [-0.1, -0.05) is 12.1 Å². The van der Waals surface area contributed by atoms with E-state index in [4.69, 9.17) is 14.2 Å². The number of hydrogen-bond donors (Lipinski definition) is 1. The van der Waals surface area contributed by atoms with Crippen LogP contribution in [0.4, 0.5) is 5.00 Å². The van der Waals surface area contributed by atoms with Crippen molar-refractivity contribution in [3.8, 4) is 0 Å². The van der Waals surface area contributed by atoms with Gasteiger partial charge in [0.05, 0.1) is 37.0 Å². The van der Waals surface area contributed by atoms with Crippen molar-refractivity contribution in [2.24, 2.45) is 0 Å². The molecule has 1 N–H and O–H groups in total. The standard InChI is InChI=1S/C21H21NO6S/c1-5-28-20(24)15-10-14-17(12-6-8-13(9-7-12)19(23)26-3)16(21(25)27-4)11(2)22-18(14)29-15/h6-10,17,22H,5H2,1-4H3. The van der Waals surface area contributed by atoms with Gasteiger partial charge in [0.2, 0.25) is 0 Å². The van der Waals surface area contributed by atoms with E-state index in [9.17, 15) is 14.4 Å². The second-order valence-electron chi connectivity index (χ2n) is 6.32. The number of anilines is 1. The predicted molar refractivity (Wildman–Crippen MR) is 108 cm³/mol. The van der Waals surface area contributed by atoms with Crippen molar-refractivity contribution < 1.29 is 28.6 Å². The molecule has 1 aliphatic rings. The normalized spacial score (nSPS) is 15.2. The molecular weight excluding hydrogens is 394 g/mol. The Balaban J connectivity index is 2.11. The average molecular weight is 415 g/mol. The lowest BCUT2D eigenvalue weighted by Gasteiger charge is -2.27. The van der Waals surface area contributed by atoms with Crippen molar-refractivity contribution in [2.75, 3.05) is 26.1 Å². The second-order valence-corrected chi connectivity index (χ2v) is 7.37. The Labute approximate surface area is 172 Å². The molecule has 0 amide bonds. The maximum Gasteiger partial charge on any atom is 0.348 e. The topological polar surface area (TPSA) is 90.9 Å². The van der Waals surface area contributed by atoms with Crippen LogP contribution < -0.4 is 5.32 Å². The number of hydrogen-bond acceptors (Lipinski definition) is 8. The minimum absolute atomic E-state index is 0.276. The first-order chi connectivity index (χ1) is 13.9. The molecule has 2 heterocycles. The number of allylic oxidation sites excluding steroid dienone is 1. The largest absolute Gasteiger partial charge is 0.466 e. The molecule has 0 spiro atoms. The van der Waals surface area contributed by atoms with Crippen LogP contribution in [0.5, 0.6) is 0 Å². The summed E-state index contributed by atoms with van der Waals surface area (Å²) in [6, 6.07) is 8.56. The van der Waals surface area contributed by atoms with Gasteiger partial charge in [-0.25, -0.2) is 14.4 Å². The number of rotatable bonds is 5. The van der Waals surface area contributed by atoms with Crippen LogP contribution in [0.3, 0.4) is 0 Å². The van der Waals surface area contributed by atoms with E-state index in [0.29, 0.717) is 21.7 Å². The van der Waals surface area contributed by atoms with E-state index in [-0.39, 0.29) is 6.61 Å². The fraction of sp³-hybridized carbons (Fsp3) is 0.286. The summed E-state index contributed by atoms with van der Waals surface area (Å²) in [6.45, 7) is 3.81. The van der Waals surface area contributed by atoms with Gasteiger partial charge < -0.3 is 19.5 Å². The van der Waals surface area contributed by atoms with Gasteiger partial charge in [-0.15, -0.1) is 11.3 Å². The van der Waals surface area contributed by atoms with Crippen molar-refractivity contribution in [3.63, 3.8) is 0 Å². The van der Waals surface area contributed by atoms with Crippen LogP contribution in [-0.2, 0) is 19.0 Å². The predicted octanol–water partition coefficient (Wildman–Crippen LogP) is 3.72. The van der Waals surface area contributed by atoms with Crippen LogP contribution >= 0.6 is 11.3 Å². The monoisotopic (exact) mass is 415 g/mol. The van der Waals surface area contributed by atoms with Crippen LogP contribution in [0.2, 0.25) is 0 Å². The number of carbonyl (C=O) groups excluding carboxylic acids is 3. The van der Waals surface area contributed by atoms with E-state index in [2.05, 4.69) is 5.32 Å². The van der Waals surface area contributed by atoms with E-state index < -0.39 is 23.8 Å². The number of ether oxygens (including phenoxy) is 3. The third-order valence-electron chi connectivity index (χ3n) is 4.61. The van der Waals surface area contributed by atoms with E-state index in [0.717, 1.165) is 16.1 Å². The molecule has 0 saturated carbocycles. The molecule has 0 fully saturated rings. The number of fused-ring (bicyclic) bond motifs is 1. The zero-order valence-electron chi connectivity index (χ0n) is 16.5. The zero-order chi connectivity index (χ0) is 21.1. The first kappa shape index (κ1) is 20.6. The van der Waals surface area contributed by atoms with E-state index >= 15 is 0 Å². The molecule has 1 atom stereocenters. The van der Waals surface area contributed by atoms with Crippen molar-refractivity contribution in [1.29, 1.82) is 0 Å². The summed E-state index contributed by atoms with van der Waals surface area (Å²) >= 11 is 1.27. The van der Waals surface area contributed by atoms with Gasteiger partial charge in [0.15, 0.2) is 0 Å². The van der Waals surface area contributed by atoms with Crippen molar-refractivity contribution >= 4 is 34.2 Å². The van der Waals surface area contributed by atoms with Gasteiger partial charge >= 0.3 is 17.9 Å². The van der Waals surface area contributed by atoms with Crippen molar-refractivity contribution in [1.82, 2.24) is 0 Å². The Kier molecular flexibility index (Phi) is 6.03. The minimum atomic E-state index is -0.466. The van der Waals surface area contributed by atoms with E-state index in [1.54, 1.807) is 44.2 Å². The quantitative estimate of drug-likeness (QED) is 0.588. The number of carbonyl (C=O) groups is 3. The Hall–Kier alpha value is -3.13. The molecule has 152 valence electrons. The smallest absolute Gasteiger partial charge is 0.348 e. The molecule has 0 saturated heterocycles. The third-order valence-corrected chi connectivity index (χ3v) is 5.66. The van der Waals surface area contributed by atoms with Gasteiger partial charge in [-0.2, -0.15) is 0 Å². The summed E-state index contributed by atoms with van der Waals surface area (Å²) in [5, 5.41) is 3.96. The zero-order valence-corrected chi connectivity index (χ0v) is 17.3. The van der Waals surface area contributed by atoms with Gasteiger partial charge in [0.25, 0.3) is 0 Å². The highest BCUT2D eigenvalue weighted by Gasteiger charge is 2.35. The molecule has 1 aliphatic heterocycles. The van der Waals surface area contributed by atoms with Gasteiger partial charge in [0.1, 0.15) is 4.88 Å². The number of thiophene rings is 1. The lowest BCUT2D eigenvalue weighted by atomic mass is 9.82. The average Bonchev–Trinajstić information content (AvgIpc) is 3.15. The van der Waals surface area contributed by atoms with Gasteiger partial charge in [0, 0.05) is 11.6 Å². The summed E-state index contributed by atoms with van der Waals surface area (Å²) in [7, 11) is 2.65. The molecule has 7 nitrogen and oxygen atoms in total. The van der Waals surface area contributed by atoms with Crippen LogP contribution in [0, 0.1) is 0 Å². The Morgan fingerprint density at radius 1 is 1.03 bits per heavy atom. The molecule has 29 heavy (non-hydrogen) atoms. The minimum Gasteiger partial charge on any atom is -0.466 e. The second kappa shape index (κ2) is 8.48. The van der Waals surface area contributed by atoms with E-state index in [1.807, 2.05) is 0 Å². The molecular formula is C21H21NO6S. The third kappa shape index (κ3) is 3.88. The summed E-state index contributed by atoms with van der Waals surface area (Å²) in [5.74, 6) is -1.77. The molecule has 1 aromatic heterocycles. The van der Waals surface area contributed by atoms with Crippen LogP contribution in [0.1, 0.15) is 50.9 Å². The van der Waals surface area contributed by atoms with Crippen LogP contribution in [0.15, 0.2) is 41.6 Å². The highest BCUT2D eigenvalue weighted by atomic mass is 32.1. The maximum absolute atomic E-state index is 12.6. The number of methoxy groups -OCH3 is 2. The molecule has 3 rings (SSSR count). The number of benzene rings is 1. The lowest BCUT2D eigenvalue weighted by Crippen LogP contribution is -2.22. The molecule has 0 bridgehead atoms.